The third-order valence-corrected chi connectivity index (χ3v) is 6.44. The molecule has 8 heteroatoms. The van der Waals surface area contributed by atoms with E-state index in [2.05, 4.69) is 0 Å². The molecule has 0 spiro atoms. The van der Waals surface area contributed by atoms with Gasteiger partial charge in [0.1, 0.15) is 0 Å². The lowest BCUT2D eigenvalue weighted by molar-refractivity contribution is -0.114. The molecule has 1 amide bonds. The van der Waals surface area contributed by atoms with Crippen LogP contribution in [0.4, 0.5) is 5.69 Å². The maximum absolute atomic E-state index is 13.1. The zero-order chi connectivity index (χ0) is 24.2. The molecule has 2 aromatic rings. The van der Waals surface area contributed by atoms with Crippen molar-refractivity contribution in [1.82, 2.24) is 4.57 Å². The summed E-state index contributed by atoms with van der Waals surface area (Å²) < 4.78 is 30.7. The van der Waals surface area contributed by atoms with Crippen molar-refractivity contribution in [2.24, 2.45) is 0 Å². The molecule has 0 aliphatic rings. The highest BCUT2D eigenvalue weighted by atomic mass is 32.2. The lowest BCUT2D eigenvalue weighted by atomic mass is 10.1. The monoisotopic (exact) mass is 460 g/mol. The molecule has 7 nitrogen and oxygen atoms in total. The van der Waals surface area contributed by atoms with Crippen LogP contribution < -0.4 is 4.90 Å². The van der Waals surface area contributed by atoms with E-state index in [1.165, 1.54) is 18.2 Å². The Morgan fingerprint density at radius 1 is 1.09 bits per heavy atom. The van der Waals surface area contributed by atoms with Crippen LogP contribution in [-0.4, -0.2) is 43.8 Å². The minimum Gasteiger partial charge on any atom is -0.462 e. The first-order valence-electron chi connectivity index (χ1n) is 10.6. The number of benzene rings is 1. The molecule has 0 radical (unpaired) electrons. The number of aromatic nitrogens is 1. The smallest absolute Gasteiger partial charge is 0.340 e. The molecule has 0 N–H and O–H groups in total. The molecule has 0 fully saturated rings. The molecule has 0 unspecified atom stereocenters. The lowest BCUT2D eigenvalue weighted by Crippen LogP contribution is -2.35. The second kappa shape index (κ2) is 10.2. The summed E-state index contributed by atoms with van der Waals surface area (Å²) in [6.45, 7) is 12.2. The molecule has 0 aliphatic carbocycles. The Kier molecular flexibility index (Phi) is 8.07. The number of ether oxygens (including phenoxy) is 1. The Morgan fingerprint density at radius 3 is 2.16 bits per heavy atom. The molecular weight excluding hydrogens is 428 g/mol. The van der Waals surface area contributed by atoms with Gasteiger partial charge in [0.05, 0.1) is 17.1 Å². The van der Waals surface area contributed by atoms with Crippen LogP contribution in [-0.2, 0) is 25.9 Å². The third kappa shape index (κ3) is 5.30. The van der Waals surface area contributed by atoms with Crippen molar-refractivity contribution in [3.05, 3.63) is 52.9 Å². The molecule has 1 aromatic carbocycles. The largest absolute Gasteiger partial charge is 0.462 e. The molecule has 0 aliphatic heterocycles. The predicted octanol–water partition coefficient (Wildman–Crippen LogP) is 4.16. The van der Waals surface area contributed by atoms with Crippen LogP contribution in [0.1, 0.15) is 55.0 Å². The Labute approximate surface area is 190 Å². The van der Waals surface area contributed by atoms with Crippen molar-refractivity contribution < 1.29 is 22.7 Å². The van der Waals surface area contributed by atoms with E-state index >= 15 is 0 Å². The molecule has 0 saturated heterocycles. The van der Waals surface area contributed by atoms with Crippen LogP contribution in [0.3, 0.4) is 0 Å². The van der Waals surface area contributed by atoms with Gasteiger partial charge in [0, 0.05) is 47.6 Å². The number of rotatable bonds is 8. The van der Waals surface area contributed by atoms with Gasteiger partial charge in [-0.25, -0.2) is 13.2 Å². The number of hydrogen-bond acceptors (Lipinski definition) is 5. The van der Waals surface area contributed by atoms with Crippen molar-refractivity contribution in [3.63, 3.8) is 0 Å². The molecule has 0 bridgehead atoms. The van der Waals surface area contributed by atoms with Gasteiger partial charge >= 0.3 is 5.97 Å². The Balaban J connectivity index is 2.45. The standard InChI is InChI=1S/C24H32N2O5S/c1-8-25-17(5)21(23(18(25)6)24(28)31-9-2)14-15-22(27)26(16(3)4)19-10-12-20(13-11-19)32(7,29)30/h10-16H,8-9H2,1-7H3/b15-14+. The molecule has 32 heavy (non-hydrogen) atoms. The molecule has 1 aromatic heterocycles. The molecule has 2 rings (SSSR count). The number of anilines is 1. The van der Waals surface area contributed by atoms with Crippen molar-refractivity contribution >= 4 is 33.5 Å². The van der Waals surface area contributed by atoms with Crippen molar-refractivity contribution in [2.75, 3.05) is 17.8 Å². The summed E-state index contributed by atoms with van der Waals surface area (Å²) in [6.07, 6.45) is 4.24. The quantitative estimate of drug-likeness (QED) is 0.436. The fraction of sp³-hybridized carbons (Fsp3) is 0.417. The molecule has 174 valence electrons. The predicted molar refractivity (Wildman–Crippen MR) is 127 cm³/mol. The van der Waals surface area contributed by atoms with E-state index in [0.717, 1.165) is 17.6 Å². The fourth-order valence-corrected chi connectivity index (χ4v) is 4.45. The summed E-state index contributed by atoms with van der Waals surface area (Å²) >= 11 is 0. The maximum atomic E-state index is 13.1. The van der Waals surface area contributed by atoms with Gasteiger partial charge in [-0.15, -0.1) is 0 Å². The second-order valence-corrected chi connectivity index (χ2v) is 9.84. The second-order valence-electron chi connectivity index (χ2n) is 7.83. The van der Waals surface area contributed by atoms with Crippen molar-refractivity contribution in [3.8, 4) is 0 Å². The summed E-state index contributed by atoms with van der Waals surface area (Å²) in [5, 5.41) is 0. The fourth-order valence-electron chi connectivity index (χ4n) is 3.82. The average Bonchev–Trinajstić information content (AvgIpc) is 2.95. The van der Waals surface area contributed by atoms with Gasteiger partial charge in [-0.2, -0.15) is 0 Å². The van der Waals surface area contributed by atoms with Gasteiger partial charge in [0.15, 0.2) is 9.84 Å². The highest BCUT2D eigenvalue weighted by molar-refractivity contribution is 7.90. The van der Waals surface area contributed by atoms with E-state index in [9.17, 15) is 18.0 Å². The number of carbonyl (C=O) groups is 2. The van der Waals surface area contributed by atoms with Crippen LogP contribution in [0, 0.1) is 13.8 Å². The summed E-state index contributed by atoms with van der Waals surface area (Å²) in [7, 11) is -3.32. The van der Waals surface area contributed by atoms with Gasteiger partial charge in [-0.3, -0.25) is 4.79 Å². The average molecular weight is 461 g/mol. The van der Waals surface area contributed by atoms with Gasteiger partial charge in [0.25, 0.3) is 5.91 Å². The molecule has 0 saturated carbocycles. The Hall–Kier alpha value is -2.87. The van der Waals surface area contributed by atoms with Crippen LogP contribution >= 0.6 is 0 Å². The van der Waals surface area contributed by atoms with E-state index in [1.54, 1.807) is 30.0 Å². The number of amides is 1. The van der Waals surface area contributed by atoms with E-state index in [1.807, 2.05) is 39.2 Å². The van der Waals surface area contributed by atoms with Crippen LogP contribution in [0.25, 0.3) is 6.08 Å². The van der Waals surface area contributed by atoms with Gasteiger partial charge in [0.2, 0.25) is 0 Å². The summed E-state index contributed by atoms with van der Waals surface area (Å²) in [5.74, 6) is -0.687. The number of hydrogen-bond donors (Lipinski definition) is 0. The summed E-state index contributed by atoms with van der Waals surface area (Å²) in [4.78, 5) is 27.5. The van der Waals surface area contributed by atoms with E-state index in [4.69, 9.17) is 4.74 Å². The lowest BCUT2D eigenvalue weighted by Gasteiger charge is -2.25. The van der Waals surface area contributed by atoms with Crippen molar-refractivity contribution in [2.45, 2.75) is 59.0 Å². The first-order chi connectivity index (χ1) is 14.9. The normalized spacial score (nSPS) is 11.9. The minimum atomic E-state index is -3.32. The van der Waals surface area contributed by atoms with E-state index < -0.39 is 15.8 Å². The summed E-state index contributed by atoms with van der Waals surface area (Å²) in [6, 6.07) is 6.06. The van der Waals surface area contributed by atoms with Crippen LogP contribution in [0.5, 0.6) is 0 Å². The number of esters is 1. The summed E-state index contributed by atoms with van der Waals surface area (Å²) in [5.41, 5.74) is 3.39. The number of nitrogens with zero attached hydrogens (tertiary/aromatic N) is 2. The number of sulfone groups is 1. The number of carbonyl (C=O) groups excluding carboxylic acids is 2. The van der Waals surface area contributed by atoms with Gasteiger partial charge < -0.3 is 14.2 Å². The zero-order valence-electron chi connectivity index (χ0n) is 19.8. The topological polar surface area (TPSA) is 85.7 Å². The third-order valence-electron chi connectivity index (χ3n) is 5.32. The minimum absolute atomic E-state index is 0.163. The molecule has 1 heterocycles. The first kappa shape index (κ1) is 25.4. The highest BCUT2D eigenvalue weighted by Crippen LogP contribution is 2.26. The van der Waals surface area contributed by atoms with Crippen LogP contribution in [0.2, 0.25) is 0 Å². The Bertz CT molecular complexity index is 1130. The van der Waals surface area contributed by atoms with E-state index in [-0.39, 0.29) is 23.5 Å². The first-order valence-corrected chi connectivity index (χ1v) is 12.5. The van der Waals surface area contributed by atoms with Gasteiger partial charge in [-0.05, 0) is 71.9 Å². The molecule has 0 atom stereocenters. The maximum Gasteiger partial charge on any atom is 0.340 e. The van der Waals surface area contributed by atoms with Crippen LogP contribution in [0.15, 0.2) is 35.2 Å². The zero-order valence-corrected chi connectivity index (χ0v) is 20.6. The van der Waals surface area contributed by atoms with E-state index in [0.29, 0.717) is 23.4 Å². The highest BCUT2D eigenvalue weighted by Gasteiger charge is 2.23. The van der Waals surface area contributed by atoms with Crippen molar-refractivity contribution in [1.29, 1.82) is 0 Å². The SMILES string of the molecule is CCOC(=O)c1c(/C=C/C(=O)N(c2ccc(S(C)(=O)=O)cc2)C(C)C)c(C)n(CC)c1C. The van der Waals surface area contributed by atoms with Gasteiger partial charge in [-0.1, -0.05) is 0 Å². The Morgan fingerprint density at radius 2 is 1.69 bits per heavy atom. The molecular formula is C24H32N2O5S.